The molecule has 2 aromatic rings. The van der Waals surface area contributed by atoms with E-state index in [0.29, 0.717) is 31.1 Å². The molecule has 30 heavy (non-hydrogen) atoms. The maximum Gasteiger partial charge on any atom is 0.248 e. The average molecular weight is 411 g/mol. The number of para-hydroxylation sites is 1. The van der Waals surface area contributed by atoms with Crippen LogP contribution in [-0.2, 0) is 22.6 Å². The Bertz CT molecular complexity index is 925. The van der Waals surface area contributed by atoms with E-state index in [-0.39, 0.29) is 11.8 Å². The molecule has 1 aliphatic carbocycles. The van der Waals surface area contributed by atoms with Crippen LogP contribution in [0.3, 0.4) is 0 Å². The third-order valence-electron chi connectivity index (χ3n) is 5.95. The van der Waals surface area contributed by atoms with E-state index in [1.165, 1.54) is 12.8 Å². The molecule has 160 valence electrons. The molecule has 2 amide bonds. The fraction of sp³-hybridized carbons (Fsp3) is 0.522. The Kier molecular flexibility index (Phi) is 5.64. The summed E-state index contributed by atoms with van der Waals surface area (Å²) in [5.74, 6) is 0.650. The summed E-state index contributed by atoms with van der Waals surface area (Å²) in [7, 11) is 0. The zero-order valence-corrected chi connectivity index (χ0v) is 17.7. The molecule has 1 aromatic heterocycles. The Balaban J connectivity index is 1.55. The number of carbonyl (C=O) groups is 2. The van der Waals surface area contributed by atoms with Gasteiger partial charge in [-0.3, -0.25) is 19.2 Å². The van der Waals surface area contributed by atoms with Crippen LogP contribution in [0, 0.1) is 5.92 Å². The second-order valence-electron chi connectivity index (χ2n) is 9.17. The lowest BCUT2D eigenvalue weighted by Crippen LogP contribution is -2.47. The highest BCUT2D eigenvalue weighted by Gasteiger charge is 2.38. The lowest BCUT2D eigenvalue weighted by Gasteiger charge is -2.29. The second kappa shape index (κ2) is 8.22. The van der Waals surface area contributed by atoms with Gasteiger partial charge in [0.2, 0.25) is 11.8 Å². The molecule has 0 bridgehead atoms. The summed E-state index contributed by atoms with van der Waals surface area (Å²) in [5, 5.41) is 17.2. The smallest absolute Gasteiger partial charge is 0.248 e. The number of nitrogens with one attached hydrogen (secondary N) is 1. The van der Waals surface area contributed by atoms with Crippen LogP contribution in [0.1, 0.15) is 51.5 Å². The van der Waals surface area contributed by atoms with Crippen LogP contribution in [-0.4, -0.2) is 38.3 Å². The molecular formula is C23H30N4O3. The number of hydrogen-bond donors (Lipinski definition) is 2. The summed E-state index contributed by atoms with van der Waals surface area (Å²) in [4.78, 5) is 27.9. The fourth-order valence-corrected chi connectivity index (χ4v) is 4.63. The van der Waals surface area contributed by atoms with Crippen molar-refractivity contribution in [1.82, 2.24) is 9.78 Å². The summed E-state index contributed by atoms with van der Waals surface area (Å²) < 4.78 is 1.61. The number of aromatic nitrogens is 2. The molecule has 1 fully saturated rings. The van der Waals surface area contributed by atoms with Gasteiger partial charge in [-0.25, -0.2) is 0 Å². The number of amides is 2. The SMILES string of the molecule is CC(C)(O)Cn1ccc(NC(=O)C(CC2CCCC2)N2C(=O)Cc3ccccc32)n1. The Morgan fingerprint density at radius 2 is 2.00 bits per heavy atom. The van der Waals surface area contributed by atoms with Crippen molar-refractivity contribution in [3.8, 4) is 0 Å². The summed E-state index contributed by atoms with van der Waals surface area (Å²) in [6.07, 6.45) is 7.31. The van der Waals surface area contributed by atoms with Gasteiger partial charge in [0.05, 0.1) is 18.6 Å². The number of aliphatic hydroxyl groups is 1. The van der Waals surface area contributed by atoms with E-state index in [9.17, 15) is 14.7 Å². The molecule has 2 aliphatic rings. The lowest BCUT2D eigenvalue weighted by atomic mass is 9.96. The predicted molar refractivity (Wildman–Crippen MR) is 115 cm³/mol. The molecule has 1 aliphatic heterocycles. The third kappa shape index (κ3) is 4.56. The standard InChI is InChI=1S/C23H30N4O3/c1-23(2,30)15-26-12-11-20(25-26)24-22(29)19(13-16-7-3-4-8-16)27-18-10-6-5-9-17(18)14-21(27)28/h5-6,9-12,16,19,30H,3-4,7-8,13-15H2,1-2H3,(H,24,25,29). The minimum absolute atomic E-state index is 0.0260. The molecule has 4 rings (SSSR count). The number of rotatable bonds is 7. The van der Waals surface area contributed by atoms with E-state index in [4.69, 9.17) is 0 Å². The third-order valence-corrected chi connectivity index (χ3v) is 5.95. The summed E-state index contributed by atoms with van der Waals surface area (Å²) >= 11 is 0. The summed E-state index contributed by atoms with van der Waals surface area (Å²) in [6.45, 7) is 3.74. The molecule has 7 nitrogen and oxygen atoms in total. The van der Waals surface area contributed by atoms with Gasteiger partial charge in [-0.05, 0) is 37.8 Å². The van der Waals surface area contributed by atoms with Crippen LogP contribution in [0.4, 0.5) is 11.5 Å². The number of nitrogens with zero attached hydrogens (tertiary/aromatic N) is 3. The maximum atomic E-state index is 13.3. The zero-order chi connectivity index (χ0) is 21.3. The van der Waals surface area contributed by atoms with E-state index >= 15 is 0 Å². The number of hydrogen-bond acceptors (Lipinski definition) is 4. The molecule has 0 radical (unpaired) electrons. The molecule has 0 spiro atoms. The summed E-state index contributed by atoms with van der Waals surface area (Å²) in [5.41, 5.74) is 0.915. The Hall–Kier alpha value is -2.67. The first-order chi connectivity index (χ1) is 14.3. The van der Waals surface area contributed by atoms with Gasteiger partial charge in [-0.15, -0.1) is 0 Å². The molecular weight excluding hydrogens is 380 g/mol. The second-order valence-corrected chi connectivity index (χ2v) is 9.17. The van der Waals surface area contributed by atoms with Crippen molar-refractivity contribution in [1.29, 1.82) is 0 Å². The normalized spacial score (nSPS) is 18.0. The van der Waals surface area contributed by atoms with Crippen molar-refractivity contribution in [3.05, 3.63) is 42.1 Å². The van der Waals surface area contributed by atoms with E-state index in [1.54, 1.807) is 35.7 Å². The highest BCUT2D eigenvalue weighted by atomic mass is 16.3. The van der Waals surface area contributed by atoms with Gasteiger partial charge in [-0.1, -0.05) is 43.9 Å². The van der Waals surface area contributed by atoms with Crippen LogP contribution in [0.25, 0.3) is 0 Å². The van der Waals surface area contributed by atoms with E-state index < -0.39 is 11.6 Å². The van der Waals surface area contributed by atoms with Gasteiger partial charge in [0, 0.05) is 18.0 Å². The highest BCUT2D eigenvalue weighted by Crippen LogP contribution is 2.35. The van der Waals surface area contributed by atoms with Crippen molar-refractivity contribution in [2.75, 3.05) is 10.2 Å². The molecule has 1 saturated carbocycles. The topological polar surface area (TPSA) is 87.5 Å². The predicted octanol–water partition coefficient (Wildman–Crippen LogP) is 3.13. The molecule has 2 N–H and O–H groups in total. The minimum Gasteiger partial charge on any atom is -0.389 e. The average Bonchev–Trinajstić information content (AvgIpc) is 3.39. The number of anilines is 2. The monoisotopic (exact) mass is 410 g/mol. The molecule has 7 heteroatoms. The zero-order valence-electron chi connectivity index (χ0n) is 17.7. The van der Waals surface area contributed by atoms with Crippen molar-refractivity contribution in [2.45, 2.75) is 70.6 Å². The van der Waals surface area contributed by atoms with Gasteiger partial charge in [0.15, 0.2) is 5.82 Å². The van der Waals surface area contributed by atoms with Gasteiger partial charge in [-0.2, -0.15) is 5.10 Å². The van der Waals surface area contributed by atoms with Crippen molar-refractivity contribution >= 4 is 23.3 Å². The highest BCUT2D eigenvalue weighted by molar-refractivity contribution is 6.08. The molecule has 1 unspecified atom stereocenters. The molecule has 1 aromatic carbocycles. The fourth-order valence-electron chi connectivity index (χ4n) is 4.63. The Morgan fingerprint density at radius 3 is 2.73 bits per heavy atom. The lowest BCUT2D eigenvalue weighted by molar-refractivity contribution is -0.123. The van der Waals surface area contributed by atoms with Crippen LogP contribution < -0.4 is 10.2 Å². The molecule has 2 heterocycles. The van der Waals surface area contributed by atoms with Crippen molar-refractivity contribution < 1.29 is 14.7 Å². The van der Waals surface area contributed by atoms with Crippen LogP contribution >= 0.6 is 0 Å². The number of carbonyl (C=O) groups excluding carboxylic acids is 2. The van der Waals surface area contributed by atoms with Crippen molar-refractivity contribution in [2.24, 2.45) is 5.92 Å². The molecule has 0 saturated heterocycles. The van der Waals surface area contributed by atoms with Gasteiger partial charge < -0.3 is 10.4 Å². The first-order valence-electron chi connectivity index (χ1n) is 10.8. The van der Waals surface area contributed by atoms with Gasteiger partial charge in [0.25, 0.3) is 0 Å². The van der Waals surface area contributed by atoms with Crippen LogP contribution in [0.2, 0.25) is 0 Å². The van der Waals surface area contributed by atoms with Crippen LogP contribution in [0.5, 0.6) is 0 Å². The quantitative estimate of drug-likeness (QED) is 0.734. The van der Waals surface area contributed by atoms with E-state index in [1.807, 2.05) is 24.3 Å². The van der Waals surface area contributed by atoms with E-state index in [2.05, 4.69) is 10.4 Å². The minimum atomic E-state index is -0.899. The largest absolute Gasteiger partial charge is 0.389 e. The van der Waals surface area contributed by atoms with Crippen LogP contribution in [0.15, 0.2) is 36.5 Å². The van der Waals surface area contributed by atoms with Crippen molar-refractivity contribution in [3.63, 3.8) is 0 Å². The first-order valence-corrected chi connectivity index (χ1v) is 10.8. The first kappa shape index (κ1) is 20.6. The van der Waals surface area contributed by atoms with E-state index in [0.717, 1.165) is 24.1 Å². The maximum absolute atomic E-state index is 13.3. The summed E-state index contributed by atoms with van der Waals surface area (Å²) in [6, 6.07) is 8.88. The Morgan fingerprint density at radius 1 is 1.27 bits per heavy atom. The van der Waals surface area contributed by atoms with Gasteiger partial charge in [0.1, 0.15) is 6.04 Å². The molecule has 1 atom stereocenters. The number of benzene rings is 1. The van der Waals surface area contributed by atoms with Gasteiger partial charge >= 0.3 is 0 Å². The Labute approximate surface area is 177 Å². The number of fused-ring (bicyclic) bond motifs is 1.